The van der Waals surface area contributed by atoms with Gasteiger partial charge in [-0.15, -0.1) is 0 Å². The molecule has 3 rings (SSSR count). The lowest BCUT2D eigenvalue weighted by Crippen LogP contribution is -2.59. The summed E-state index contributed by atoms with van der Waals surface area (Å²) in [6.07, 6.45) is 9.48. The minimum absolute atomic E-state index is 0.0399. The van der Waals surface area contributed by atoms with E-state index < -0.39 is 4.65 Å². The molecule has 1 aromatic rings. The van der Waals surface area contributed by atoms with Gasteiger partial charge in [-0.3, -0.25) is 9.63 Å². The third kappa shape index (κ3) is 2.62. The average molecular weight is 288 g/mol. The lowest BCUT2D eigenvalue weighted by molar-refractivity contribution is -0.850. The van der Waals surface area contributed by atoms with Gasteiger partial charge < -0.3 is 5.21 Å². The molecule has 0 bridgehead atoms. The number of hydrogen-bond donors (Lipinski definition) is 0. The van der Waals surface area contributed by atoms with E-state index in [1.807, 2.05) is 13.0 Å². The molecular formula is C17H24N2O2. The maximum atomic E-state index is 13.7. The number of hydroxylamine groups is 3. The standard InChI is InChI=1S/C17H24N2O2/c1-13-10-11-14(12-18-13)17(20)19(21,15-6-2-3-7-15)16-8-4-5-9-16/h10-12,15-16H,2-9H2,1H3. The van der Waals surface area contributed by atoms with Crippen LogP contribution >= 0.6 is 0 Å². The van der Waals surface area contributed by atoms with Crippen molar-refractivity contribution in [3.8, 4) is 0 Å². The van der Waals surface area contributed by atoms with Crippen LogP contribution in [-0.4, -0.2) is 27.6 Å². The fourth-order valence-corrected chi connectivity index (χ4v) is 4.00. The predicted octanol–water partition coefficient (Wildman–Crippen LogP) is 3.73. The van der Waals surface area contributed by atoms with Gasteiger partial charge in [-0.1, -0.05) is 0 Å². The number of pyridine rings is 1. The van der Waals surface area contributed by atoms with Crippen LogP contribution in [-0.2, 0) is 0 Å². The predicted molar refractivity (Wildman–Crippen MR) is 81.4 cm³/mol. The third-order valence-corrected chi connectivity index (χ3v) is 5.21. The number of nitrogens with zero attached hydrogens (tertiary/aromatic N) is 2. The maximum Gasteiger partial charge on any atom is 0.347 e. The van der Waals surface area contributed by atoms with Crippen LogP contribution in [0.3, 0.4) is 0 Å². The summed E-state index contributed by atoms with van der Waals surface area (Å²) in [4.78, 5) is 17.2. The van der Waals surface area contributed by atoms with Crippen molar-refractivity contribution in [2.24, 2.45) is 0 Å². The topological polar surface area (TPSA) is 53.0 Å². The summed E-state index contributed by atoms with van der Waals surface area (Å²) in [6, 6.07) is 3.50. The summed E-state index contributed by atoms with van der Waals surface area (Å²) in [5.41, 5.74) is 1.35. The Morgan fingerprint density at radius 2 is 1.62 bits per heavy atom. The highest BCUT2D eigenvalue weighted by molar-refractivity contribution is 5.89. The van der Waals surface area contributed by atoms with Crippen molar-refractivity contribution in [3.05, 3.63) is 34.8 Å². The van der Waals surface area contributed by atoms with Crippen LogP contribution in [0.2, 0.25) is 0 Å². The largest absolute Gasteiger partial charge is 0.625 e. The van der Waals surface area contributed by atoms with Gasteiger partial charge in [0.25, 0.3) is 0 Å². The normalized spacial score (nSPS) is 21.0. The quantitative estimate of drug-likeness (QED) is 0.629. The molecule has 114 valence electrons. The third-order valence-electron chi connectivity index (χ3n) is 5.21. The first kappa shape index (κ1) is 14.7. The summed E-state index contributed by atoms with van der Waals surface area (Å²) < 4.78 is -0.620. The van der Waals surface area contributed by atoms with Crippen molar-refractivity contribution < 1.29 is 9.44 Å². The molecule has 2 fully saturated rings. The minimum Gasteiger partial charge on any atom is -0.625 e. The van der Waals surface area contributed by atoms with Gasteiger partial charge in [0.2, 0.25) is 0 Å². The molecule has 1 aromatic heterocycles. The Morgan fingerprint density at radius 1 is 1.10 bits per heavy atom. The van der Waals surface area contributed by atoms with E-state index >= 15 is 0 Å². The molecule has 1 amide bonds. The van der Waals surface area contributed by atoms with Crippen LogP contribution in [0.1, 0.15) is 67.4 Å². The van der Waals surface area contributed by atoms with Gasteiger partial charge in [0.05, 0.1) is 17.6 Å². The Hall–Kier alpha value is -1.26. The van der Waals surface area contributed by atoms with Gasteiger partial charge in [-0.05, 0) is 44.7 Å². The van der Waals surface area contributed by atoms with Gasteiger partial charge in [-0.25, -0.2) is 4.79 Å². The van der Waals surface area contributed by atoms with Crippen molar-refractivity contribution in [3.63, 3.8) is 0 Å². The highest BCUT2D eigenvalue weighted by Crippen LogP contribution is 2.38. The van der Waals surface area contributed by atoms with Gasteiger partial charge in [0.15, 0.2) is 0 Å². The van der Waals surface area contributed by atoms with Crippen LogP contribution in [0, 0.1) is 12.1 Å². The number of carbonyl (C=O) groups is 1. The monoisotopic (exact) mass is 288 g/mol. The molecule has 4 nitrogen and oxygen atoms in total. The maximum absolute atomic E-state index is 13.7. The summed E-state index contributed by atoms with van der Waals surface area (Å²) in [5.74, 6) is -0.263. The zero-order chi connectivity index (χ0) is 14.9. The Labute approximate surface area is 126 Å². The Kier molecular flexibility index (Phi) is 4.09. The van der Waals surface area contributed by atoms with E-state index in [1.165, 1.54) is 0 Å². The first-order chi connectivity index (χ1) is 10.1. The van der Waals surface area contributed by atoms with E-state index in [0.29, 0.717) is 5.56 Å². The molecule has 0 radical (unpaired) electrons. The Bertz CT molecular complexity index is 484. The summed E-state index contributed by atoms with van der Waals surface area (Å²) in [7, 11) is 0. The number of amides is 1. The first-order valence-corrected chi connectivity index (χ1v) is 8.19. The van der Waals surface area contributed by atoms with Crippen molar-refractivity contribution in [1.29, 1.82) is 0 Å². The smallest absolute Gasteiger partial charge is 0.347 e. The molecular weight excluding hydrogens is 264 g/mol. The Balaban J connectivity index is 1.93. The minimum atomic E-state index is -0.620. The van der Waals surface area contributed by atoms with E-state index in [9.17, 15) is 10.0 Å². The number of quaternary nitrogens is 1. The zero-order valence-electron chi connectivity index (χ0n) is 12.8. The van der Waals surface area contributed by atoms with E-state index in [-0.39, 0.29) is 18.0 Å². The fourth-order valence-electron chi connectivity index (χ4n) is 4.00. The molecule has 2 aliphatic carbocycles. The molecule has 2 aliphatic rings. The molecule has 0 saturated heterocycles. The molecule has 0 N–H and O–H groups in total. The van der Waals surface area contributed by atoms with Crippen molar-refractivity contribution in [2.75, 3.05) is 0 Å². The fraction of sp³-hybridized carbons (Fsp3) is 0.647. The number of aryl methyl sites for hydroxylation is 1. The van der Waals surface area contributed by atoms with Crippen LogP contribution < -0.4 is 0 Å². The molecule has 2 saturated carbocycles. The van der Waals surface area contributed by atoms with Gasteiger partial charge in [-0.2, -0.15) is 0 Å². The highest BCUT2D eigenvalue weighted by Gasteiger charge is 2.45. The second-order valence-corrected chi connectivity index (χ2v) is 6.58. The average Bonchev–Trinajstić information content (AvgIpc) is 3.20. The molecule has 0 spiro atoms. The summed E-state index contributed by atoms with van der Waals surface area (Å²) in [6.45, 7) is 1.89. The number of rotatable bonds is 3. The Morgan fingerprint density at radius 3 is 2.05 bits per heavy atom. The van der Waals surface area contributed by atoms with Crippen molar-refractivity contribution in [1.82, 2.24) is 4.98 Å². The summed E-state index contributed by atoms with van der Waals surface area (Å²) >= 11 is 0. The van der Waals surface area contributed by atoms with Crippen LogP contribution in [0.15, 0.2) is 18.3 Å². The van der Waals surface area contributed by atoms with Crippen LogP contribution in [0.4, 0.5) is 0 Å². The molecule has 21 heavy (non-hydrogen) atoms. The lowest BCUT2D eigenvalue weighted by Gasteiger charge is -2.49. The molecule has 1 heterocycles. The van der Waals surface area contributed by atoms with E-state index in [2.05, 4.69) is 4.98 Å². The molecule has 0 unspecified atom stereocenters. The molecule has 0 aliphatic heterocycles. The number of carbonyl (C=O) groups excluding carboxylic acids is 1. The van der Waals surface area contributed by atoms with E-state index in [1.54, 1.807) is 12.3 Å². The van der Waals surface area contributed by atoms with Crippen molar-refractivity contribution >= 4 is 5.91 Å². The molecule has 4 heteroatoms. The molecule has 0 atom stereocenters. The number of aromatic nitrogens is 1. The second kappa shape index (κ2) is 5.85. The van der Waals surface area contributed by atoms with E-state index in [0.717, 1.165) is 57.1 Å². The van der Waals surface area contributed by atoms with Crippen LogP contribution in [0.5, 0.6) is 0 Å². The lowest BCUT2D eigenvalue weighted by atomic mass is 10.1. The SMILES string of the molecule is Cc1ccc(C(=O)[N+]([O-])(C2CCCC2)C2CCCC2)cn1. The van der Waals surface area contributed by atoms with Gasteiger partial charge in [0.1, 0.15) is 0 Å². The molecule has 0 aromatic carbocycles. The highest BCUT2D eigenvalue weighted by atomic mass is 16.6. The van der Waals surface area contributed by atoms with Gasteiger partial charge >= 0.3 is 5.91 Å². The second-order valence-electron chi connectivity index (χ2n) is 6.58. The first-order valence-electron chi connectivity index (χ1n) is 8.19. The van der Waals surface area contributed by atoms with Crippen molar-refractivity contribution in [2.45, 2.75) is 70.4 Å². The summed E-state index contributed by atoms with van der Waals surface area (Å²) in [5, 5.41) is 13.7. The van der Waals surface area contributed by atoms with E-state index in [4.69, 9.17) is 0 Å². The number of hydrogen-bond acceptors (Lipinski definition) is 3. The zero-order valence-corrected chi connectivity index (χ0v) is 12.8. The van der Waals surface area contributed by atoms with Crippen LogP contribution in [0.25, 0.3) is 0 Å². The van der Waals surface area contributed by atoms with Gasteiger partial charge in [0, 0.05) is 37.6 Å².